The Morgan fingerprint density at radius 3 is 2.83 bits per heavy atom. The predicted octanol–water partition coefficient (Wildman–Crippen LogP) is 0.271. The number of carbonyl (C=O) groups is 2. The molecule has 0 saturated carbocycles. The lowest BCUT2D eigenvalue weighted by molar-refractivity contribution is -0.172. The fourth-order valence-corrected chi connectivity index (χ4v) is 4.53. The van der Waals surface area contributed by atoms with Crippen LogP contribution in [0.1, 0.15) is 35.6 Å². The third-order valence-corrected chi connectivity index (χ3v) is 6.54. The number of carbonyl (C=O) groups excluding carboxylic acids is 2. The summed E-state index contributed by atoms with van der Waals surface area (Å²) in [5.74, 6) is -1.43. The largest absolute Gasteiger partial charge is 0.458 e. The Kier molecular flexibility index (Phi) is 6.67. The molecule has 11 nitrogen and oxygen atoms in total. The fourth-order valence-electron chi connectivity index (χ4n) is 4.53. The van der Waals surface area contributed by atoms with Gasteiger partial charge in [0.1, 0.15) is 12.6 Å². The number of hydrogen-bond acceptors (Lipinski definition) is 9. The van der Waals surface area contributed by atoms with Gasteiger partial charge in [-0.3, -0.25) is 9.59 Å². The maximum Gasteiger partial charge on any atom is 0.343 e. The number of cyclic esters (lactones) is 1. The first kappa shape index (κ1) is 25.5. The van der Waals surface area contributed by atoms with Gasteiger partial charge in [-0.15, -0.1) is 12.4 Å². The number of halogens is 1. The first-order chi connectivity index (χ1) is 16.8. The lowest BCUT2D eigenvalue weighted by atomic mass is 9.86. The first-order valence-electron chi connectivity index (χ1n) is 11.1. The Morgan fingerprint density at radius 1 is 1.36 bits per heavy atom. The van der Waals surface area contributed by atoms with Gasteiger partial charge in [0.05, 0.1) is 41.8 Å². The average Bonchev–Trinajstić information content (AvgIpc) is 3.24. The molecule has 0 bridgehead atoms. The summed E-state index contributed by atoms with van der Waals surface area (Å²) in [7, 11) is 0. The van der Waals surface area contributed by atoms with Crippen LogP contribution < -0.4 is 16.7 Å². The van der Waals surface area contributed by atoms with Gasteiger partial charge in [-0.05, 0) is 18.6 Å². The molecule has 5 rings (SSSR count). The summed E-state index contributed by atoms with van der Waals surface area (Å²) in [5, 5.41) is 24.8. The number of hydrogen-bond donors (Lipinski definition) is 4. The fraction of sp³-hybridized carbons (Fsp3) is 0.292. The number of fused-ring (bicyclic) bond motifs is 5. The Bertz CT molecular complexity index is 1490. The van der Waals surface area contributed by atoms with E-state index in [1.165, 1.54) is 10.8 Å². The Balaban J connectivity index is 0.00000304. The highest BCUT2D eigenvalue weighted by Gasteiger charge is 2.45. The molecule has 36 heavy (non-hydrogen) atoms. The minimum atomic E-state index is -1.91. The van der Waals surface area contributed by atoms with Crippen LogP contribution in [0, 0.1) is 0 Å². The molecule has 4 heterocycles. The van der Waals surface area contributed by atoms with Crippen LogP contribution in [0.15, 0.2) is 40.2 Å². The molecule has 1 amide bonds. The first-order valence-corrected chi connectivity index (χ1v) is 11.1. The highest BCUT2D eigenvalue weighted by molar-refractivity contribution is 6.02. The van der Waals surface area contributed by atoms with Crippen molar-refractivity contribution in [3.63, 3.8) is 0 Å². The number of ether oxygens (including phenoxy) is 1. The topological polar surface area (TPSA) is 169 Å². The van der Waals surface area contributed by atoms with E-state index in [1.54, 1.807) is 13.0 Å². The molecule has 0 fully saturated rings. The highest BCUT2D eigenvalue weighted by Crippen LogP contribution is 2.39. The number of esters is 1. The summed E-state index contributed by atoms with van der Waals surface area (Å²) in [6.07, 6.45) is 1.50. The van der Waals surface area contributed by atoms with E-state index < -0.39 is 30.1 Å². The van der Waals surface area contributed by atoms with E-state index in [9.17, 15) is 19.5 Å². The number of nitrogens with zero attached hydrogens (tertiary/aromatic N) is 3. The number of hydrazone groups is 1. The van der Waals surface area contributed by atoms with Gasteiger partial charge in [-0.1, -0.05) is 25.1 Å². The summed E-state index contributed by atoms with van der Waals surface area (Å²) in [4.78, 5) is 42.5. The van der Waals surface area contributed by atoms with Crippen LogP contribution in [0.5, 0.6) is 0 Å². The Labute approximate surface area is 211 Å². The molecule has 5 N–H and O–H groups in total. The lowest BCUT2D eigenvalue weighted by Crippen LogP contribution is -2.44. The summed E-state index contributed by atoms with van der Waals surface area (Å²) in [6, 6.07) is 7.85. The molecule has 0 aliphatic carbocycles. The van der Waals surface area contributed by atoms with E-state index in [4.69, 9.17) is 20.6 Å². The number of pyridine rings is 2. The predicted molar refractivity (Wildman–Crippen MR) is 133 cm³/mol. The quantitative estimate of drug-likeness (QED) is 0.167. The van der Waals surface area contributed by atoms with Crippen LogP contribution in [0.4, 0.5) is 0 Å². The molecule has 2 aliphatic rings. The minimum Gasteiger partial charge on any atom is -0.458 e. The minimum absolute atomic E-state index is 0. The van der Waals surface area contributed by atoms with Crippen molar-refractivity contribution in [2.75, 3.05) is 6.61 Å². The van der Waals surface area contributed by atoms with Gasteiger partial charge in [-0.2, -0.15) is 5.10 Å². The van der Waals surface area contributed by atoms with E-state index in [0.717, 1.165) is 5.39 Å². The number of aliphatic hydroxyl groups excluding tert-OH is 1. The number of para-hydroxylation sites is 1. The second-order valence-electron chi connectivity index (χ2n) is 8.50. The average molecular weight is 514 g/mol. The molecular weight excluding hydrogens is 490 g/mol. The van der Waals surface area contributed by atoms with Crippen molar-refractivity contribution in [1.29, 1.82) is 0 Å². The summed E-state index contributed by atoms with van der Waals surface area (Å²) in [5.41, 5.74) is 8.96. The van der Waals surface area contributed by atoms with Gasteiger partial charge < -0.3 is 25.3 Å². The van der Waals surface area contributed by atoms with Gasteiger partial charge in [0.15, 0.2) is 5.60 Å². The lowest BCUT2D eigenvalue weighted by Gasteiger charge is -2.31. The summed E-state index contributed by atoms with van der Waals surface area (Å²) < 4.78 is 6.64. The molecule has 1 unspecified atom stereocenters. The maximum atomic E-state index is 13.4. The Morgan fingerprint density at radius 2 is 2.11 bits per heavy atom. The van der Waals surface area contributed by atoms with Crippen molar-refractivity contribution in [2.45, 2.75) is 38.1 Å². The van der Waals surface area contributed by atoms with Crippen LogP contribution in [0.3, 0.4) is 0 Å². The van der Waals surface area contributed by atoms with Crippen molar-refractivity contribution in [3.05, 3.63) is 62.9 Å². The van der Waals surface area contributed by atoms with Crippen LogP contribution in [0.25, 0.3) is 22.3 Å². The van der Waals surface area contributed by atoms with Crippen LogP contribution in [-0.4, -0.2) is 50.5 Å². The smallest absolute Gasteiger partial charge is 0.343 e. The molecule has 0 saturated heterocycles. The number of aliphatic hydroxyl groups is 2. The summed E-state index contributed by atoms with van der Waals surface area (Å²) >= 11 is 0. The van der Waals surface area contributed by atoms with Crippen molar-refractivity contribution < 1.29 is 24.5 Å². The monoisotopic (exact) mass is 513 g/mol. The molecule has 0 radical (unpaired) electrons. The zero-order valence-electron chi connectivity index (χ0n) is 19.2. The second kappa shape index (κ2) is 9.43. The van der Waals surface area contributed by atoms with Gasteiger partial charge >= 0.3 is 5.97 Å². The van der Waals surface area contributed by atoms with Gasteiger partial charge in [0.2, 0.25) is 0 Å². The number of amides is 1. The normalized spacial score (nSPS) is 18.7. The van der Waals surface area contributed by atoms with Crippen molar-refractivity contribution in [1.82, 2.24) is 15.0 Å². The van der Waals surface area contributed by atoms with Crippen molar-refractivity contribution in [3.8, 4) is 11.4 Å². The molecular formula is C24H24ClN5O6. The second-order valence-corrected chi connectivity index (χ2v) is 8.50. The molecule has 12 heteroatoms. The highest BCUT2D eigenvalue weighted by atomic mass is 35.5. The zero-order valence-corrected chi connectivity index (χ0v) is 20.0. The molecule has 1 aromatic carbocycles. The zero-order chi connectivity index (χ0) is 24.9. The third-order valence-electron chi connectivity index (χ3n) is 6.54. The van der Waals surface area contributed by atoms with E-state index >= 15 is 0 Å². The van der Waals surface area contributed by atoms with Crippen LogP contribution in [-0.2, 0) is 33.1 Å². The van der Waals surface area contributed by atoms with Crippen molar-refractivity contribution in [2.24, 2.45) is 10.8 Å². The van der Waals surface area contributed by atoms with Gasteiger partial charge in [0.25, 0.3) is 11.5 Å². The number of rotatable bonds is 5. The SMILES string of the molecule is CC[C@@]1(O)C(=O)OCc2c1cc1n(c2=O)Cc2c-1nc1ccccc1c2C=NNC(=O)C(N)CO.Cl. The number of benzene rings is 1. The number of nitrogens with two attached hydrogens (primary N) is 1. The van der Waals surface area contributed by atoms with Crippen LogP contribution in [0.2, 0.25) is 0 Å². The van der Waals surface area contributed by atoms with Crippen LogP contribution >= 0.6 is 12.4 Å². The molecule has 0 spiro atoms. The summed E-state index contributed by atoms with van der Waals surface area (Å²) in [6.45, 7) is 1.09. The van der Waals surface area contributed by atoms with E-state index in [-0.39, 0.29) is 48.7 Å². The molecule has 2 atom stereocenters. The Hall–Kier alpha value is -3.64. The van der Waals surface area contributed by atoms with E-state index in [2.05, 4.69) is 10.5 Å². The maximum absolute atomic E-state index is 13.4. The number of aromatic nitrogens is 2. The molecule has 2 aromatic heterocycles. The van der Waals surface area contributed by atoms with E-state index in [1.807, 2.05) is 24.3 Å². The third kappa shape index (κ3) is 3.77. The molecule has 3 aromatic rings. The molecule has 2 aliphatic heterocycles. The standard InChI is InChI=1S/C24H23N5O6.ClH/c1-2-24(34)16-7-19-20-14(9-29(19)22(32)15(16)11-35-23(24)33)13(8-26-28-21(31)17(25)10-30)12-5-3-4-6-18(12)27-20;/h3-8,17,30,34H,2,9-11,25H2,1H3,(H,28,31);1H/t17?,24-;/m0./s1. The molecule has 188 valence electrons. The van der Waals surface area contributed by atoms with Crippen molar-refractivity contribution >= 4 is 41.4 Å². The van der Waals surface area contributed by atoms with Gasteiger partial charge in [-0.25, -0.2) is 15.2 Å². The van der Waals surface area contributed by atoms with E-state index in [0.29, 0.717) is 28.0 Å². The number of nitrogens with one attached hydrogen (secondary N) is 1. The van der Waals surface area contributed by atoms with Gasteiger partial charge in [0, 0.05) is 22.1 Å².